The molecule has 0 radical (unpaired) electrons. The zero-order valence-electron chi connectivity index (χ0n) is 19.9. The van der Waals surface area contributed by atoms with Gasteiger partial charge >= 0.3 is 12.3 Å². The number of nitrogens with zero attached hydrogens (tertiary/aromatic N) is 6. The maximum atomic E-state index is 11.1. The van der Waals surface area contributed by atoms with Gasteiger partial charge in [-0.3, -0.25) is 4.79 Å². The Morgan fingerprint density at radius 3 is 1.84 bits per heavy atom. The summed E-state index contributed by atoms with van der Waals surface area (Å²) in [5, 5.41) is 9.20. The summed E-state index contributed by atoms with van der Waals surface area (Å²) in [7, 11) is 0. The van der Waals surface area contributed by atoms with Gasteiger partial charge in [0.2, 0.25) is 0 Å². The molecule has 0 bridgehead atoms. The molecule has 0 aliphatic carbocycles. The lowest BCUT2D eigenvalue weighted by Crippen LogP contribution is -1.99. The van der Waals surface area contributed by atoms with Crippen molar-refractivity contribution in [1.29, 1.82) is 0 Å². The van der Waals surface area contributed by atoms with Crippen LogP contribution in [0.1, 0.15) is 35.6 Å². The number of carbonyl (C=O) groups is 1. The molecule has 0 fully saturated rings. The molecule has 4 heterocycles. The van der Waals surface area contributed by atoms with Crippen LogP contribution in [0.15, 0.2) is 60.9 Å². The first-order valence-electron chi connectivity index (χ1n) is 10.8. The van der Waals surface area contributed by atoms with Crippen molar-refractivity contribution in [2.24, 2.45) is 0 Å². The smallest absolute Gasteiger partial charge is 0.298 e. The van der Waals surface area contributed by atoms with E-state index in [0.717, 1.165) is 53.1 Å². The summed E-state index contributed by atoms with van der Waals surface area (Å²) < 4.78 is 3.60. The van der Waals surface area contributed by atoms with E-state index in [9.17, 15) is 4.79 Å². The molecule has 188 valence electrons. The molecule has 5 rings (SSSR count). The standard InChI is InChI=1S/C15H13N3O.C8H8ClN3.2CO2/c1-2-12-9-16-15-8-7-14(17-18(12)15)13-6-4-3-5-11(13)10-19;1-2-6-5-10-8-4-3-7(9)11-12(6)8;2*2-1-3/h3-10H,2H2,1H3;3-5H,2H2,1H3;;. The van der Waals surface area contributed by atoms with E-state index < -0.39 is 0 Å². The second kappa shape index (κ2) is 14.6. The summed E-state index contributed by atoms with van der Waals surface area (Å²) in [6.07, 6.45) is 6.79. The van der Waals surface area contributed by atoms with E-state index in [1.807, 2.05) is 53.3 Å². The molecule has 0 N–H and O–H groups in total. The number of benzene rings is 1. The second-order valence-electron chi connectivity index (χ2n) is 6.99. The number of aryl methyl sites for hydroxylation is 2. The van der Waals surface area contributed by atoms with Gasteiger partial charge in [0.15, 0.2) is 17.6 Å². The summed E-state index contributed by atoms with van der Waals surface area (Å²) in [6.45, 7) is 4.13. The van der Waals surface area contributed by atoms with E-state index in [1.165, 1.54) is 0 Å². The number of aromatic nitrogens is 6. The lowest BCUT2D eigenvalue weighted by Gasteiger charge is -2.05. The van der Waals surface area contributed by atoms with Gasteiger partial charge in [-0.05, 0) is 37.1 Å². The van der Waals surface area contributed by atoms with Gasteiger partial charge in [0.1, 0.15) is 5.15 Å². The van der Waals surface area contributed by atoms with E-state index in [2.05, 4.69) is 34.0 Å². The lowest BCUT2D eigenvalue weighted by atomic mass is 10.1. The Labute approximate surface area is 215 Å². The third-order valence-corrected chi connectivity index (χ3v) is 5.12. The Hall–Kier alpha value is -4.82. The Morgan fingerprint density at radius 1 is 0.784 bits per heavy atom. The van der Waals surface area contributed by atoms with Gasteiger partial charge in [0.05, 0.1) is 29.5 Å². The predicted molar refractivity (Wildman–Crippen MR) is 131 cm³/mol. The summed E-state index contributed by atoms with van der Waals surface area (Å²) in [5.74, 6) is 0. The van der Waals surface area contributed by atoms with Crippen molar-refractivity contribution >= 4 is 41.5 Å². The highest BCUT2D eigenvalue weighted by molar-refractivity contribution is 6.29. The largest absolute Gasteiger partial charge is 0.373 e. The SMILES string of the molecule is CCc1cnc2ccc(-c3ccccc3C=O)nn12.CCc1cnc2ccc(Cl)nn12.O=C=O.O=C=O. The molecule has 0 aliphatic rings. The lowest BCUT2D eigenvalue weighted by molar-refractivity contribution is -0.193. The maximum absolute atomic E-state index is 11.1. The summed E-state index contributed by atoms with van der Waals surface area (Å²) in [5.41, 5.74) is 6.07. The van der Waals surface area contributed by atoms with Crippen molar-refractivity contribution in [2.75, 3.05) is 0 Å². The van der Waals surface area contributed by atoms with Crippen molar-refractivity contribution in [3.05, 3.63) is 83.0 Å². The zero-order chi connectivity index (χ0) is 27.2. The van der Waals surface area contributed by atoms with Crippen molar-refractivity contribution in [1.82, 2.24) is 29.2 Å². The minimum atomic E-state index is 0.250. The summed E-state index contributed by atoms with van der Waals surface area (Å²) in [6, 6.07) is 14.9. The van der Waals surface area contributed by atoms with Crippen LogP contribution in [0.25, 0.3) is 22.6 Å². The molecule has 0 aliphatic heterocycles. The molecule has 5 aromatic rings. The van der Waals surface area contributed by atoms with Crippen LogP contribution in [-0.4, -0.2) is 47.8 Å². The number of rotatable bonds is 4. The van der Waals surface area contributed by atoms with Crippen LogP contribution in [0.4, 0.5) is 0 Å². The third-order valence-electron chi connectivity index (χ3n) is 4.92. The molecule has 0 saturated carbocycles. The number of fused-ring (bicyclic) bond motifs is 2. The highest BCUT2D eigenvalue weighted by Crippen LogP contribution is 2.21. The van der Waals surface area contributed by atoms with Crippen LogP contribution < -0.4 is 0 Å². The Bertz CT molecular complexity index is 1540. The van der Waals surface area contributed by atoms with Crippen LogP contribution >= 0.6 is 11.6 Å². The number of imidazole rings is 2. The first-order valence-corrected chi connectivity index (χ1v) is 11.2. The van der Waals surface area contributed by atoms with Crippen LogP contribution in [0.3, 0.4) is 0 Å². The topological polar surface area (TPSA) is 146 Å². The molecular formula is C25H21ClN6O5. The van der Waals surface area contributed by atoms with Crippen LogP contribution in [-0.2, 0) is 32.0 Å². The molecule has 0 unspecified atom stereocenters. The molecule has 0 amide bonds. The fraction of sp³-hybridized carbons (Fsp3) is 0.160. The second-order valence-corrected chi connectivity index (χ2v) is 7.38. The van der Waals surface area contributed by atoms with Gasteiger partial charge in [0, 0.05) is 11.1 Å². The number of hydrogen-bond donors (Lipinski definition) is 0. The first kappa shape index (κ1) is 28.4. The third kappa shape index (κ3) is 7.33. The minimum absolute atomic E-state index is 0.250. The average Bonchev–Trinajstić information content (AvgIpc) is 3.52. The van der Waals surface area contributed by atoms with Crippen molar-refractivity contribution in [2.45, 2.75) is 26.7 Å². The fourth-order valence-electron chi connectivity index (χ4n) is 3.28. The van der Waals surface area contributed by atoms with E-state index in [0.29, 0.717) is 10.7 Å². The average molecular weight is 521 g/mol. The van der Waals surface area contributed by atoms with Crippen LogP contribution in [0.5, 0.6) is 0 Å². The van der Waals surface area contributed by atoms with Crippen molar-refractivity contribution in [3.63, 3.8) is 0 Å². The van der Waals surface area contributed by atoms with Crippen molar-refractivity contribution in [3.8, 4) is 11.3 Å². The van der Waals surface area contributed by atoms with Gasteiger partial charge in [-0.25, -0.2) is 19.0 Å². The Morgan fingerprint density at radius 2 is 1.30 bits per heavy atom. The Balaban J connectivity index is 0.000000229. The highest BCUT2D eigenvalue weighted by Gasteiger charge is 2.08. The normalized spacial score (nSPS) is 9.49. The van der Waals surface area contributed by atoms with Crippen LogP contribution in [0.2, 0.25) is 5.15 Å². The molecule has 12 heteroatoms. The molecule has 0 spiro atoms. The monoisotopic (exact) mass is 520 g/mol. The quantitative estimate of drug-likeness (QED) is 0.324. The number of aldehydes is 1. The van der Waals surface area contributed by atoms with E-state index in [-0.39, 0.29) is 12.3 Å². The van der Waals surface area contributed by atoms with Crippen molar-refractivity contribution < 1.29 is 24.0 Å². The summed E-state index contributed by atoms with van der Waals surface area (Å²) >= 11 is 5.74. The molecule has 0 saturated heterocycles. The Kier molecular flexibility index (Phi) is 11.2. The van der Waals surface area contributed by atoms with Gasteiger partial charge < -0.3 is 0 Å². The van der Waals surface area contributed by atoms with Gasteiger partial charge in [-0.2, -0.15) is 29.4 Å². The van der Waals surface area contributed by atoms with E-state index in [4.69, 9.17) is 30.8 Å². The molecular weight excluding hydrogens is 500 g/mol. The zero-order valence-corrected chi connectivity index (χ0v) is 20.6. The summed E-state index contributed by atoms with van der Waals surface area (Å²) in [4.78, 5) is 52.1. The first-order chi connectivity index (χ1) is 18.0. The van der Waals surface area contributed by atoms with Gasteiger partial charge in [0.25, 0.3) is 0 Å². The number of hydrogen-bond acceptors (Lipinski definition) is 9. The molecule has 0 atom stereocenters. The maximum Gasteiger partial charge on any atom is 0.373 e. The molecule has 11 nitrogen and oxygen atoms in total. The van der Waals surface area contributed by atoms with E-state index >= 15 is 0 Å². The highest BCUT2D eigenvalue weighted by atomic mass is 35.5. The minimum Gasteiger partial charge on any atom is -0.298 e. The van der Waals surface area contributed by atoms with Gasteiger partial charge in [-0.15, -0.1) is 0 Å². The number of carbonyl (C=O) groups excluding carboxylic acids is 5. The molecule has 1 aromatic carbocycles. The molecule has 37 heavy (non-hydrogen) atoms. The predicted octanol–water partition coefficient (Wildman–Crippen LogP) is 3.55. The number of halogens is 1. The van der Waals surface area contributed by atoms with Gasteiger partial charge in [-0.1, -0.05) is 49.7 Å². The molecule has 4 aromatic heterocycles. The fourth-order valence-corrected chi connectivity index (χ4v) is 3.42. The van der Waals surface area contributed by atoms with E-state index in [1.54, 1.807) is 16.6 Å². The van der Waals surface area contributed by atoms with Crippen LogP contribution in [0, 0.1) is 0 Å².